The van der Waals surface area contributed by atoms with Crippen LogP contribution in [0.25, 0.3) is 10.4 Å². The van der Waals surface area contributed by atoms with Crippen molar-refractivity contribution >= 4 is 28.9 Å². The molecule has 1 heterocycles. The highest BCUT2D eigenvalue weighted by Gasteiger charge is 2.15. The fourth-order valence-corrected chi connectivity index (χ4v) is 1.01. The molecule has 0 fully saturated rings. The first-order valence-electron chi connectivity index (χ1n) is 2.83. The van der Waals surface area contributed by atoms with Crippen LogP contribution in [0.2, 0.25) is 10.0 Å². The Hall–Kier alpha value is -1.10. The predicted octanol–water partition coefficient (Wildman–Crippen LogP) is 3.61. The van der Waals surface area contributed by atoms with Gasteiger partial charge in [-0.2, -0.15) is 13.8 Å². The zero-order chi connectivity index (χ0) is 10.0. The molecule has 0 saturated carbocycles. The molecule has 4 nitrogen and oxygen atoms in total. The van der Waals surface area contributed by atoms with E-state index in [0.717, 1.165) is 0 Å². The standard InChI is InChI=1S/C5Cl2F2N4/c6-1-3(12-13-10)2(7)5(9)11-4(1)8. The molecule has 0 aliphatic heterocycles. The van der Waals surface area contributed by atoms with Crippen LogP contribution in [-0.2, 0) is 0 Å². The molecular weight excluding hydrogens is 225 g/mol. The average molecular weight is 225 g/mol. The van der Waals surface area contributed by atoms with Crippen molar-refractivity contribution in [2.75, 3.05) is 0 Å². The molecule has 0 aliphatic carbocycles. The van der Waals surface area contributed by atoms with E-state index in [2.05, 4.69) is 15.0 Å². The highest BCUT2D eigenvalue weighted by atomic mass is 35.5. The number of hydrogen-bond acceptors (Lipinski definition) is 2. The number of halogens is 4. The fourth-order valence-electron chi connectivity index (χ4n) is 0.609. The zero-order valence-corrected chi connectivity index (χ0v) is 7.31. The van der Waals surface area contributed by atoms with E-state index in [1.807, 2.05) is 0 Å². The molecule has 0 amide bonds. The van der Waals surface area contributed by atoms with Gasteiger partial charge in [-0.25, -0.2) is 0 Å². The smallest absolute Gasteiger partial charge is 0.188 e. The zero-order valence-electron chi connectivity index (χ0n) is 5.80. The summed E-state index contributed by atoms with van der Waals surface area (Å²) in [7, 11) is 0. The SMILES string of the molecule is [N-]=[N+]=Nc1c(Cl)c(F)nc(F)c1Cl. The van der Waals surface area contributed by atoms with Crippen LogP contribution in [0.4, 0.5) is 14.5 Å². The van der Waals surface area contributed by atoms with E-state index < -0.39 is 27.6 Å². The Kier molecular flexibility index (Phi) is 2.87. The van der Waals surface area contributed by atoms with Gasteiger partial charge in [-0.3, -0.25) is 0 Å². The van der Waals surface area contributed by atoms with Crippen LogP contribution in [0.5, 0.6) is 0 Å². The fraction of sp³-hybridized carbons (Fsp3) is 0. The number of rotatable bonds is 1. The predicted molar refractivity (Wildman–Crippen MR) is 43.0 cm³/mol. The van der Waals surface area contributed by atoms with Gasteiger partial charge in [-0.1, -0.05) is 28.3 Å². The first-order valence-corrected chi connectivity index (χ1v) is 3.58. The van der Waals surface area contributed by atoms with Crippen LogP contribution in [0.1, 0.15) is 0 Å². The third-order valence-corrected chi connectivity index (χ3v) is 1.79. The molecule has 1 rings (SSSR count). The topological polar surface area (TPSA) is 61.7 Å². The molecule has 0 radical (unpaired) electrons. The van der Waals surface area contributed by atoms with E-state index in [4.69, 9.17) is 28.7 Å². The van der Waals surface area contributed by atoms with Gasteiger partial charge in [0.05, 0.1) is 5.69 Å². The summed E-state index contributed by atoms with van der Waals surface area (Å²) in [6, 6.07) is 0. The number of nitrogens with zero attached hydrogens (tertiary/aromatic N) is 4. The maximum atomic E-state index is 12.6. The van der Waals surface area contributed by atoms with Crippen molar-refractivity contribution in [1.82, 2.24) is 4.98 Å². The summed E-state index contributed by atoms with van der Waals surface area (Å²) in [5, 5.41) is 1.71. The highest BCUT2D eigenvalue weighted by Crippen LogP contribution is 2.35. The molecule has 0 N–H and O–H groups in total. The van der Waals surface area contributed by atoms with Gasteiger partial charge in [-0.05, 0) is 5.53 Å². The third kappa shape index (κ3) is 1.80. The van der Waals surface area contributed by atoms with E-state index in [9.17, 15) is 8.78 Å². The summed E-state index contributed by atoms with van der Waals surface area (Å²) < 4.78 is 25.2. The summed E-state index contributed by atoms with van der Waals surface area (Å²) in [5.74, 6) is -2.54. The second kappa shape index (κ2) is 3.74. The molecule has 0 aliphatic rings. The van der Waals surface area contributed by atoms with Crippen LogP contribution in [0, 0.1) is 11.9 Å². The average Bonchev–Trinajstić information content (AvgIpc) is 2.09. The van der Waals surface area contributed by atoms with Crippen molar-refractivity contribution in [3.05, 3.63) is 32.4 Å². The number of hydrogen-bond donors (Lipinski definition) is 0. The first kappa shape index (κ1) is 9.98. The van der Waals surface area contributed by atoms with Crippen molar-refractivity contribution in [2.24, 2.45) is 5.11 Å². The minimum Gasteiger partial charge on any atom is -0.188 e. The lowest BCUT2D eigenvalue weighted by Gasteiger charge is -2.00. The number of azide groups is 1. The molecule has 0 unspecified atom stereocenters. The Morgan fingerprint density at radius 1 is 1.23 bits per heavy atom. The maximum absolute atomic E-state index is 12.6. The monoisotopic (exact) mass is 224 g/mol. The minimum absolute atomic E-state index is 0.504. The molecule has 1 aromatic rings. The Bertz CT molecular complexity index is 376. The second-order valence-corrected chi connectivity index (χ2v) is 2.62. The van der Waals surface area contributed by atoms with Crippen molar-refractivity contribution < 1.29 is 8.78 Å². The summed E-state index contributed by atoms with van der Waals surface area (Å²) >= 11 is 10.6. The molecular formula is C5Cl2F2N4. The van der Waals surface area contributed by atoms with Crippen LogP contribution >= 0.6 is 23.2 Å². The lowest BCUT2D eigenvalue weighted by Crippen LogP contribution is -1.91. The molecule has 0 atom stereocenters. The summed E-state index contributed by atoms with van der Waals surface area (Å²) in [6.07, 6.45) is 0. The van der Waals surface area contributed by atoms with Crippen molar-refractivity contribution in [1.29, 1.82) is 0 Å². The summed E-state index contributed by atoms with van der Waals surface area (Å²) in [5.41, 5.74) is 7.52. The molecule has 13 heavy (non-hydrogen) atoms. The van der Waals surface area contributed by atoms with Gasteiger partial charge in [-0.15, -0.1) is 0 Å². The van der Waals surface area contributed by atoms with E-state index in [1.165, 1.54) is 0 Å². The van der Waals surface area contributed by atoms with E-state index in [0.29, 0.717) is 0 Å². The Labute approximate surface area is 80.7 Å². The van der Waals surface area contributed by atoms with E-state index in [1.54, 1.807) is 0 Å². The molecule has 0 aromatic carbocycles. The van der Waals surface area contributed by atoms with Gasteiger partial charge in [0.1, 0.15) is 10.0 Å². The van der Waals surface area contributed by atoms with Gasteiger partial charge in [0.15, 0.2) is 0 Å². The van der Waals surface area contributed by atoms with Gasteiger partial charge in [0.2, 0.25) is 11.9 Å². The molecule has 0 bridgehead atoms. The van der Waals surface area contributed by atoms with Crippen molar-refractivity contribution in [2.45, 2.75) is 0 Å². The molecule has 0 spiro atoms. The van der Waals surface area contributed by atoms with Crippen LogP contribution in [0.3, 0.4) is 0 Å². The van der Waals surface area contributed by atoms with Crippen LogP contribution < -0.4 is 0 Å². The minimum atomic E-state index is -1.27. The molecule has 8 heteroatoms. The van der Waals surface area contributed by atoms with Crippen LogP contribution in [0.15, 0.2) is 5.11 Å². The molecule has 1 aromatic heterocycles. The van der Waals surface area contributed by atoms with Gasteiger partial charge in [0.25, 0.3) is 0 Å². The summed E-state index contributed by atoms with van der Waals surface area (Å²) in [6.45, 7) is 0. The molecule has 0 saturated heterocycles. The first-order chi connectivity index (χ1) is 6.07. The lowest BCUT2D eigenvalue weighted by atomic mass is 10.4. The van der Waals surface area contributed by atoms with Crippen LogP contribution in [-0.4, -0.2) is 4.98 Å². The quantitative estimate of drug-likeness (QED) is 0.311. The summed E-state index contributed by atoms with van der Waals surface area (Å²) in [4.78, 5) is 5.04. The molecule has 68 valence electrons. The Morgan fingerprint density at radius 3 is 2.08 bits per heavy atom. The normalized spacial score (nSPS) is 9.54. The third-order valence-electron chi connectivity index (χ3n) is 1.12. The van der Waals surface area contributed by atoms with Gasteiger partial charge < -0.3 is 0 Å². The van der Waals surface area contributed by atoms with E-state index in [-0.39, 0.29) is 0 Å². The van der Waals surface area contributed by atoms with Crippen molar-refractivity contribution in [3.8, 4) is 0 Å². The van der Waals surface area contributed by atoms with Gasteiger partial charge in [0, 0.05) is 4.91 Å². The largest absolute Gasteiger partial charge is 0.234 e. The highest BCUT2D eigenvalue weighted by molar-refractivity contribution is 6.38. The van der Waals surface area contributed by atoms with Gasteiger partial charge >= 0.3 is 0 Å². The number of pyridine rings is 1. The second-order valence-electron chi connectivity index (χ2n) is 1.86. The number of aromatic nitrogens is 1. The Balaban J connectivity index is 3.55. The van der Waals surface area contributed by atoms with Crippen molar-refractivity contribution in [3.63, 3.8) is 0 Å². The Morgan fingerprint density at radius 2 is 1.69 bits per heavy atom. The van der Waals surface area contributed by atoms with E-state index >= 15 is 0 Å². The lowest BCUT2D eigenvalue weighted by molar-refractivity contribution is 0.514. The maximum Gasteiger partial charge on any atom is 0.234 e.